The first-order chi connectivity index (χ1) is 9.11. The van der Waals surface area contributed by atoms with Gasteiger partial charge in [0.1, 0.15) is 5.69 Å². The van der Waals surface area contributed by atoms with Gasteiger partial charge in [-0.2, -0.15) is 5.10 Å². The number of H-pyrrole nitrogens is 1. The minimum atomic E-state index is -0.126. The molecule has 2 aromatic rings. The van der Waals surface area contributed by atoms with E-state index in [1.807, 2.05) is 19.2 Å². The highest BCUT2D eigenvalue weighted by Crippen LogP contribution is 2.13. The third kappa shape index (κ3) is 3.20. The van der Waals surface area contributed by atoms with E-state index in [1.54, 1.807) is 11.3 Å². The van der Waals surface area contributed by atoms with Gasteiger partial charge in [-0.05, 0) is 26.7 Å². The van der Waals surface area contributed by atoms with Crippen LogP contribution in [0.3, 0.4) is 0 Å². The van der Waals surface area contributed by atoms with Crippen molar-refractivity contribution in [3.8, 4) is 0 Å². The van der Waals surface area contributed by atoms with Crippen LogP contribution < -0.4 is 5.32 Å². The summed E-state index contributed by atoms with van der Waals surface area (Å²) < 4.78 is 0. The van der Waals surface area contributed by atoms with E-state index in [0.717, 1.165) is 34.8 Å². The molecule has 0 aromatic carbocycles. The molecule has 5 nitrogen and oxygen atoms in total. The second-order valence-electron chi connectivity index (χ2n) is 4.47. The predicted molar refractivity (Wildman–Crippen MR) is 75.3 cm³/mol. The lowest BCUT2D eigenvalue weighted by Crippen LogP contribution is -2.23. The van der Waals surface area contributed by atoms with Crippen LogP contribution in [0.1, 0.15) is 45.8 Å². The first kappa shape index (κ1) is 13.7. The minimum absolute atomic E-state index is 0.126. The fraction of sp³-hybridized carbons (Fsp3) is 0.462. The molecule has 0 bridgehead atoms. The molecule has 0 aliphatic heterocycles. The molecule has 2 heterocycles. The van der Waals surface area contributed by atoms with Crippen molar-refractivity contribution in [2.45, 2.75) is 40.2 Å². The quantitative estimate of drug-likeness (QED) is 0.882. The normalized spacial score (nSPS) is 10.7. The Balaban J connectivity index is 1.97. The van der Waals surface area contributed by atoms with Crippen molar-refractivity contribution in [1.29, 1.82) is 0 Å². The van der Waals surface area contributed by atoms with Crippen molar-refractivity contribution in [2.75, 3.05) is 0 Å². The average Bonchev–Trinajstić information content (AvgIpc) is 2.96. The van der Waals surface area contributed by atoms with E-state index >= 15 is 0 Å². The zero-order chi connectivity index (χ0) is 13.8. The molecule has 2 rings (SSSR count). The summed E-state index contributed by atoms with van der Waals surface area (Å²) in [4.78, 5) is 16.3. The highest BCUT2D eigenvalue weighted by molar-refractivity contribution is 7.09. The highest BCUT2D eigenvalue weighted by Gasteiger charge is 2.12. The lowest BCUT2D eigenvalue weighted by molar-refractivity contribution is 0.0946. The lowest BCUT2D eigenvalue weighted by atomic mass is 10.2. The maximum absolute atomic E-state index is 12.0. The molecular weight excluding hydrogens is 260 g/mol. The minimum Gasteiger partial charge on any atom is -0.346 e. The lowest BCUT2D eigenvalue weighted by Gasteiger charge is -2.03. The van der Waals surface area contributed by atoms with E-state index in [9.17, 15) is 4.79 Å². The molecule has 0 radical (unpaired) electrons. The molecule has 102 valence electrons. The van der Waals surface area contributed by atoms with E-state index in [-0.39, 0.29) is 5.91 Å². The second kappa shape index (κ2) is 5.97. The SMILES string of the molecule is CCCc1nc(C(=O)NCc2c(C)n[nH]c2C)cs1. The summed E-state index contributed by atoms with van der Waals surface area (Å²) in [6, 6.07) is 0. The molecule has 1 amide bonds. The number of nitrogens with one attached hydrogen (secondary N) is 2. The van der Waals surface area contributed by atoms with Gasteiger partial charge in [0.2, 0.25) is 0 Å². The molecular formula is C13H18N4OS. The maximum Gasteiger partial charge on any atom is 0.271 e. The van der Waals surface area contributed by atoms with Crippen LogP contribution in [0.2, 0.25) is 0 Å². The summed E-state index contributed by atoms with van der Waals surface area (Å²) in [7, 11) is 0. The number of aromatic amines is 1. The largest absolute Gasteiger partial charge is 0.346 e. The Labute approximate surface area is 116 Å². The van der Waals surface area contributed by atoms with E-state index in [4.69, 9.17) is 0 Å². The summed E-state index contributed by atoms with van der Waals surface area (Å²) in [6.07, 6.45) is 1.97. The maximum atomic E-state index is 12.0. The molecule has 0 aliphatic carbocycles. The Morgan fingerprint density at radius 1 is 1.47 bits per heavy atom. The third-order valence-electron chi connectivity index (χ3n) is 2.95. The molecule has 0 saturated heterocycles. The summed E-state index contributed by atoms with van der Waals surface area (Å²) in [5.74, 6) is -0.126. The molecule has 19 heavy (non-hydrogen) atoms. The molecule has 0 fully saturated rings. The zero-order valence-electron chi connectivity index (χ0n) is 11.4. The van der Waals surface area contributed by atoms with Crippen LogP contribution in [0.15, 0.2) is 5.38 Å². The van der Waals surface area contributed by atoms with Crippen LogP contribution >= 0.6 is 11.3 Å². The summed E-state index contributed by atoms with van der Waals surface area (Å²) in [5.41, 5.74) is 3.45. The Bertz CT molecular complexity index is 553. The average molecular weight is 278 g/mol. The van der Waals surface area contributed by atoms with E-state index in [0.29, 0.717) is 12.2 Å². The van der Waals surface area contributed by atoms with E-state index in [1.165, 1.54) is 0 Å². The van der Waals surface area contributed by atoms with Gasteiger partial charge in [-0.25, -0.2) is 4.98 Å². The fourth-order valence-corrected chi connectivity index (χ4v) is 2.72. The molecule has 6 heteroatoms. The number of thiazole rings is 1. The Morgan fingerprint density at radius 3 is 2.89 bits per heavy atom. The number of aromatic nitrogens is 3. The van der Waals surface area contributed by atoms with Crippen molar-refractivity contribution < 1.29 is 4.79 Å². The molecule has 0 atom stereocenters. The van der Waals surface area contributed by atoms with Gasteiger partial charge in [-0.1, -0.05) is 6.92 Å². The van der Waals surface area contributed by atoms with Crippen LogP contribution in [0, 0.1) is 13.8 Å². The molecule has 2 aromatic heterocycles. The number of amides is 1. The first-order valence-electron chi connectivity index (χ1n) is 6.34. The van der Waals surface area contributed by atoms with Crippen molar-refractivity contribution in [1.82, 2.24) is 20.5 Å². The number of rotatable bonds is 5. The summed E-state index contributed by atoms with van der Waals surface area (Å²) >= 11 is 1.54. The Kier molecular flexibility index (Phi) is 4.31. The zero-order valence-corrected chi connectivity index (χ0v) is 12.2. The van der Waals surface area contributed by atoms with Crippen molar-refractivity contribution >= 4 is 17.2 Å². The third-order valence-corrected chi connectivity index (χ3v) is 3.86. The van der Waals surface area contributed by atoms with Crippen molar-refractivity contribution in [3.05, 3.63) is 33.0 Å². The number of hydrogen-bond donors (Lipinski definition) is 2. The van der Waals surface area contributed by atoms with Gasteiger partial charge in [-0.3, -0.25) is 9.89 Å². The van der Waals surface area contributed by atoms with E-state index in [2.05, 4.69) is 27.4 Å². The van der Waals surface area contributed by atoms with Crippen LogP contribution in [-0.2, 0) is 13.0 Å². The Morgan fingerprint density at radius 2 is 2.26 bits per heavy atom. The predicted octanol–water partition coefficient (Wildman–Crippen LogP) is 2.37. The Hall–Kier alpha value is -1.69. The molecule has 0 saturated carbocycles. The van der Waals surface area contributed by atoms with Gasteiger partial charge in [0.25, 0.3) is 5.91 Å². The van der Waals surface area contributed by atoms with Crippen LogP contribution in [-0.4, -0.2) is 21.1 Å². The summed E-state index contributed by atoms with van der Waals surface area (Å²) in [6.45, 7) is 6.45. The standard InChI is InChI=1S/C13H18N4OS/c1-4-5-12-15-11(7-19-12)13(18)14-6-10-8(2)16-17-9(10)3/h7H,4-6H2,1-3H3,(H,14,18)(H,16,17). The van der Waals surface area contributed by atoms with Gasteiger partial charge in [0.15, 0.2) is 0 Å². The van der Waals surface area contributed by atoms with Crippen LogP contribution in [0.5, 0.6) is 0 Å². The number of carbonyl (C=O) groups excluding carboxylic acids is 1. The first-order valence-corrected chi connectivity index (χ1v) is 7.22. The number of aryl methyl sites for hydroxylation is 3. The van der Waals surface area contributed by atoms with Crippen molar-refractivity contribution in [2.24, 2.45) is 0 Å². The monoisotopic (exact) mass is 278 g/mol. The van der Waals surface area contributed by atoms with Crippen LogP contribution in [0.4, 0.5) is 0 Å². The van der Waals surface area contributed by atoms with Gasteiger partial charge in [0.05, 0.1) is 10.7 Å². The topological polar surface area (TPSA) is 70.7 Å². The van der Waals surface area contributed by atoms with Gasteiger partial charge >= 0.3 is 0 Å². The van der Waals surface area contributed by atoms with Gasteiger partial charge in [-0.15, -0.1) is 11.3 Å². The molecule has 2 N–H and O–H groups in total. The molecule has 0 spiro atoms. The number of carbonyl (C=O) groups is 1. The van der Waals surface area contributed by atoms with Gasteiger partial charge < -0.3 is 5.32 Å². The smallest absolute Gasteiger partial charge is 0.271 e. The molecule has 0 aliphatic rings. The number of nitrogens with zero attached hydrogens (tertiary/aromatic N) is 2. The van der Waals surface area contributed by atoms with Gasteiger partial charge in [0, 0.05) is 23.2 Å². The van der Waals surface area contributed by atoms with E-state index < -0.39 is 0 Å². The number of hydrogen-bond acceptors (Lipinski definition) is 4. The summed E-state index contributed by atoms with van der Waals surface area (Å²) in [5, 5.41) is 12.7. The highest BCUT2D eigenvalue weighted by atomic mass is 32.1. The fourth-order valence-electron chi connectivity index (χ4n) is 1.84. The second-order valence-corrected chi connectivity index (χ2v) is 5.41. The van der Waals surface area contributed by atoms with Crippen molar-refractivity contribution in [3.63, 3.8) is 0 Å². The molecule has 0 unspecified atom stereocenters. The van der Waals surface area contributed by atoms with Crippen LogP contribution in [0.25, 0.3) is 0 Å².